The van der Waals surface area contributed by atoms with Gasteiger partial charge >= 0.3 is 0 Å². The molecule has 0 aliphatic heterocycles. The summed E-state index contributed by atoms with van der Waals surface area (Å²) < 4.78 is 0. The molecule has 0 heterocycles. The molecule has 0 N–H and O–H groups in total. The van der Waals surface area contributed by atoms with Gasteiger partial charge in [0.2, 0.25) is 0 Å². The van der Waals surface area contributed by atoms with Gasteiger partial charge in [-0.2, -0.15) is 0 Å². The molecule has 0 aromatic heterocycles. The number of hydrogen-bond acceptors (Lipinski definition) is 0. The molecule has 0 saturated carbocycles. The molecular weight excluding hydrogens is 146 g/mol. The van der Waals surface area contributed by atoms with Crippen LogP contribution in [0.1, 0.15) is 5.56 Å². The highest BCUT2D eigenvalue weighted by Crippen LogP contribution is 2.25. The lowest BCUT2D eigenvalue weighted by Crippen LogP contribution is -1.72. The van der Waals surface area contributed by atoms with Crippen molar-refractivity contribution in [2.45, 2.75) is 6.16 Å². The van der Waals surface area contributed by atoms with Crippen LogP contribution in [0.4, 0.5) is 0 Å². The molecule has 2 atom stereocenters. The van der Waals surface area contributed by atoms with Crippen LogP contribution in [0.3, 0.4) is 0 Å². The summed E-state index contributed by atoms with van der Waals surface area (Å²) in [6, 6.07) is 10.5. The Morgan fingerprint density at radius 1 is 1.22 bits per heavy atom. The third kappa shape index (κ3) is 2.43. The van der Waals surface area contributed by atoms with Crippen LogP contribution in [0.25, 0.3) is 0 Å². The third-order valence-corrected chi connectivity index (χ3v) is 2.37. The third-order valence-electron chi connectivity index (χ3n) is 1.15. The summed E-state index contributed by atoms with van der Waals surface area (Å²) in [5.74, 6) is 0. The van der Waals surface area contributed by atoms with Crippen molar-refractivity contribution in [1.82, 2.24) is 0 Å². The van der Waals surface area contributed by atoms with Crippen molar-refractivity contribution in [3.63, 3.8) is 0 Å². The molecule has 0 bridgehead atoms. The molecule has 2 unspecified atom stereocenters. The van der Waals surface area contributed by atoms with E-state index in [-0.39, 0.29) is 0 Å². The van der Waals surface area contributed by atoms with E-state index in [0.717, 1.165) is 8.27 Å². The average Bonchev–Trinajstić information content (AvgIpc) is 1.91. The highest BCUT2D eigenvalue weighted by Gasteiger charge is 1.84. The first-order valence-corrected chi connectivity index (χ1v) is 5.92. The number of benzene rings is 1. The van der Waals surface area contributed by atoms with Gasteiger partial charge in [0.05, 0.1) is 0 Å². The molecule has 0 radical (unpaired) electrons. The van der Waals surface area contributed by atoms with Crippen molar-refractivity contribution < 1.29 is 0 Å². The van der Waals surface area contributed by atoms with Crippen LogP contribution < -0.4 is 0 Å². The second kappa shape index (κ2) is 3.99. The van der Waals surface area contributed by atoms with E-state index in [9.17, 15) is 0 Å². The van der Waals surface area contributed by atoms with Crippen LogP contribution in [0, 0.1) is 0 Å². The first kappa shape index (κ1) is 7.19. The predicted octanol–water partition coefficient (Wildman–Crippen LogP) is 2.66. The van der Waals surface area contributed by atoms with Crippen molar-refractivity contribution in [1.29, 1.82) is 0 Å². The SMILES string of the molecule is PPCc1ccccc1. The topological polar surface area (TPSA) is 0 Å². The van der Waals surface area contributed by atoms with E-state index in [1.165, 1.54) is 11.7 Å². The highest BCUT2D eigenvalue weighted by atomic mass is 32.0. The lowest BCUT2D eigenvalue weighted by molar-refractivity contribution is 1.42. The molecule has 9 heavy (non-hydrogen) atoms. The second-order valence-corrected chi connectivity index (χ2v) is 3.85. The molecule has 0 saturated heterocycles. The van der Waals surface area contributed by atoms with E-state index in [1.807, 2.05) is 0 Å². The minimum absolute atomic E-state index is 0.952. The monoisotopic (exact) mass is 156 g/mol. The normalized spacial score (nSPS) is 10.8. The molecule has 0 amide bonds. The molecule has 1 aromatic rings. The maximum absolute atomic E-state index is 2.76. The van der Waals surface area contributed by atoms with Crippen molar-refractivity contribution in [3.05, 3.63) is 35.9 Å². The van der Waals surface area contributed by atoms with Gasteiger partial charge in [0.1, 0.15) is 0 Å². The Kier molecular flexibility index (Phi) is 3.18. The van der Waals surface area contributed by atoms with Crippen LogP contribution in [-0.4, -0.2) is 0 Å². The fourth-order valence-corrected chi connectivity index (χ4v) is 1.89. The highest BCUT2D eigenvalue weighted by molar-refractivity contribution is 8.02. The fourth-order valence-electron chi connectivity index (χ4n) is 0.714. The van der Waals surface area contributed by atoms with E-state index in [4.69, 9.17) is 0 Å². The van der Waals surface area contributed by atoms with Gasteiger partial charge in [0.25, 0.3) is 0 Å². The molecule has 0 aliphatic rings. The Morgan fingerprint density at radius 2 is 1.89 bits per heavy atom. The summed E-state index contributed by atoms with van der Waals surface area (Å²) in [5, 5.41) is 0. The van der Waals surface area contributed by atoms with E-state index < -0.39 is 0 Å². The van der Waals surface area contributed by atoms with E-state index in [2.05, 4.69) is 39.3 Å². The summed E-state index contributed by atoms with van der Waals surface area (Å²) in [6.07, 6.45) is 1.20. The van der Waals surface area contributed by atoms with Crippen LogP contribution in [0.15, 0.2) is 30.3 Å². The van der Waals surface area contributed by atoms with Gasteiger partial charge in [-0.3, -0.25) is 0 Å². The van der Waals surface area contributed by atoms with Crippen LogP contribution in [0.5, 0.6) is 0 Å². The molecule has 0 spiro atoms. The minimum Gasteiger partial charge on any atom is -0.114 e. The van der Waals surface area contributed by atoms with E-state index in [1.54, 1.807) is 0 Å². The van der Waals surface area contributed by atoms with E-state index >= 15 is 0 Å². The summed E-state index contributed by atoms with van der Waals surface area (Å²) in [7, 11) is 3.71. The van der Waals surface area contributed by atoms with Gasteiger partial charge in [-0.05, 0) is 11.7 Å². The minimum atomic E-state index is 0.952. The Balaban J connectivity index is 2.61. The zero-order valence-corrected chi connectivity index (χ0v) is 7.33. The van der Waals surface area contributed by atoms with Crippen LogP contribution >= 0.6 is 17.2 Å². The van der Waals surface area contributed by atoms with E-state index in [0.29, 0.717) is 0 Å². The van der Waals surface area contributed by atoms with Gasteiger partial charge in [0.15, 0.2) is 0 Å². The lowest BCUT2D eigenvalue weighted by atomic mass is 10.2. The van der Waals surface area contributed by atoms with Gasteiger partial charge in [-0.1, -0.05) is 38.6 Å². The smallest absolute Gasteiger partial charge is 0.00663 e. The number of hydrogen-bond donors (Lipinski definition) is 0. The molecule has 0 aliphatic carbocycles. The van der Waals surface area contributed by atoms with Gasteiger partial charge in [-0.25, -0.2) is 0 Å². The zero-order valence-electron chi connectivity index (χ0n) is 5.17. The van der Waals surface area contributed by atoms with Gasteiger partial charge in [0, 0.05) is 0 Å². The molecule has 1 aromatic carbocycles. The first-order chi connectivity index (χ1) is 4.43. The van der Waals surface area contributed by atoms with Crippen LogP contribution in [-0.2, 0) is 6.16 Å². The van der Waals surface area contributed by atoms with Crippen molar-refractivity contribution >= 4 is 17.2 Å². The second-order valence-electron chi connectivity index (χ2n) is 1.87. The van der Waals surface area contributed by atoms with Crippen molar-refractivity contribution in [2.24, 2.45) is 0 Å². The molecule has 1 rings (SSSR count). The summed E-state index contributed by atoms with van der Waals surface area (Å²) >= 11 is 0. The Morgan fingerprint density at radius 3 is 2.44 bits per heavy atom. The number of rotatable bonds is 2. The standard InChI is InChI=1S/C7H10P2/c8-9-6-7-4-2-1-3-5-7/h1-5,9H,6,8H2. The molecule has 0 fully saturated rings. The zero-order chi connectivity index (χ0) is 6.53. The fraction of sp³-hybridized carbons (Fsp3) is 0.143. The molecule has 48 valence electrons. The summed E-state index contributed by atoms with van der Waals surface area (Å²) in [4.78, 5) is 0. The Bertz CT molecular complexity index is 160. The summed E-state index contributed by atoms with van der Waals surface area (Å²) in [5.41, 5.74) is 1.44. The predicted molar refractivity (Wildman–Crippen MR) is 48.2 cm³/mol. The average molecular weight is 156 g/mol. The quantitative estimate of drug-likeness (QED) is 0.577. The van der Waals surface area contributed by atoms with Crippen LogP contribution in [0.2, 0.25) is 0 Å². The Hall–Kier alpha value is 0.0800. The molecule has 0 nitrogen and oxygen atoms in total. The first-order valence-electron chi connectivity index (χ1n) is 2.91. The van der Waals surface area contributed by atoms with Crippen molar-refractivity contribution in [2.75, 3.05) is 0 Å². The largest absolute Gasteiger partial charge is 0.114 e. The van der Waals surface area contributed by atoms with Gasteiger partial charge in [-0.15, -0.1) is 8.93 Å². The van der Waals surface area contributed by atoms with Gasteiger partial charge < -0.3 is 0 Å². The molecular formula is C7H10P2. The molecule has 2 heteroatoms. The Labute approximate surface area is 59.9 Å². The maximum atomic E-state index is 2.76. The van der Waals surface area contributed by atoms with Crippen molar-refractivity contribution in [3.8, 4) is 0 Å². The maximum Gasteiger partial charge on any atom is -0.00663 e. The lowest BCUT2D eigenvalue weighted by Gasteiger charge is -1.93. The summed E-state index contributed by atoms with van der Waals surface area (Å²) in [6.45, 7) is 0.